The first-order valence-corrected chi connectivity index (χ1v) is 9.10. The van der Waals surface area contributed by atoms with E-state index in [9.17, 15) is 8.42 Å². The van der Waals surface area contributed by atoms with E-state index in [4.69, 9.17) is 9.47 Å². The van der Waals surface area contributed by atoms with E-state index in [-0.39, 0.29) is 11.8 Å². The SMILES string of the molecule is CCNC(CCCS(C)(=O)=O)c1cc(OC)ccc1OC. The van der Waals surface area contributed by atoms with Crippen LogP contribution in [0.25, 0.3) is 0 Å². The molecule has 1 aromatic rings. The highest BCUT2D eigenvalue weighted by Crippen LogP contribution is 2.31. The maximum Gasteiger partial charge on any atom is 0.147 e. The van der Waals surface area contributed by atoms with Gasteiger partial charge in [-0.25, -0.2) is 8.42 Å². The molecule has 0 aliphatic rings. The molecule has 0 aliphatic heterocycles. The van der Waals surface area contributed by atoms with Crippen molar-refractivity contribution in [1.29, 1.82) is 0 Å². The van der Waals surface area contributed by atoms with Gasteiger partial charge in [0.1, 0.15) is 21.3 Å². The fourth-order valence-corrected chi connectivity index (χ4v) is 2.97. The van der Waals surface area contributed by atoms with E-state index in [0.29, 0.717) is 6.42 Å². The van der Waals surface area contributed by atoms with Crippen LogP contribution in [0.15, 0.2) is 18.2 Å². The average Bonchev–Trinajstić information content (AvgIpc) is 2.44. The lowest BCUT2D eigenvalue weighted by Crippen LogP contribution is -2.22. The van der Waals surface area contributed by atoms with Crippen LogP contribution in [-0.2, 0) is 9.84 Å². The normalized spacial score (nSPS) is 13.0. The topological polar surface area (TPSA) is 64.6 Å². The number of ether oxygens (including phenoxy) is 2. The van der Waals surface area contributed by atoms with Gasteiger partial charge in [0.25, 0.3) is 0 Å². The van der Waals surface area contributed by atoms with Crippen molar-refractivity contribution in [3.63, 3.8) is 0 Å². The van der Waals surface area contributed by atoms with Crippen molar-refractivity contribution in [3.05, 3.63) is 23.8 Å². The predicted octanol–water partition coefficient (Wildman–Crippen LogP) is 2.18. The Kier molecular flexibility index (Phi) is 6.98. The van der Waals surface area contributed by atoms with Crippen LogP contribution in [0.3, 0.4) is 0 Å². The molecule has 0 aliphatic carbocycles. The first-order chi connectivity index (χ1) is 9.91. The lowest BCUT2D eigenvalue weighted by Gasteiger charge is -2.21. The lowest BCUT2D eigenvalue weighted by atomic mass is 10.0. The summed E-state index contributed by atoms with van der Waals surface area (Å²) < 4.78 is 33.2. The van der Waals surface area contributed by atoms with Gasteiger partial charge in [0.15, 0.2) is 0 Å². The number of hydrogen-bond donors (Lipinski definition) is 1. The van der Waals surface area contributed by atoms with Gasteiger partial charge in [-0.2, -0.15) is 0 Å². The molecule has 0 spiro atoms. The van der Waals surface area contributed by atoms with E-state index >= 15 is 0 Å². The zero-order chi connectivity index (χ0) is 15.9. The van der Waals surface area contributed by atoms with Crippen LogP contribution in [0, 0.1) is 0 Å². The first kappa shape index (κ1) is 17.8. The van der Waals surface area contributed by atoms with Crippen molar-refractivity contribution >= 4 is 9.84 Å². The summed E-state index contributed by atoms with van der Waals surface area (Å²) in [5.74, 6) is 1.74. The van der Waals surface area contributed by atoms with Crippen LogP contribution in [0.1, 0.15) is 31.4 Å². The van der Waals surface area contributed by atoms with E-state index in [1.54, 1.807) is 14.2 Å². The van der Waals surface area contributed by atoms with Gasteiger partial charge in [-0.15, -0.1) is 0 Å². The van der Waals surface area contributed by atoms with E-state index in [0.717, 1.165) is 30.0 Å². The molecule has 1 atom stereocenters. The number of sulfone groups is 1. The Hall–Kier alpha value is -1.27. The standard InChI is InChI=1S/C15H25NO4S/c1-5-16-14(7-6-10-21(4,17)18)13-11-12(19-2)8-9-15(13)20-3/h8-9,11,14,16H,5-7,10H2,1-4H3. The maximum atomic E-state index is 11.3. The van der Waals surface area contributed by atoms with Crippen molar-refractivity contribution < 1.29 is 17.9 Å². The fraction of sp³-hybridized carbons (Fsp3) is 0.600. The van der Waals surface area contributed by atoms with E-state index in [1.807, 2.05) is 25.1 Å². The molecule has 0 amide bonds. The molecule has 0 fully saturated rings. The van der Waals surface area contributed by atoms with Gasteiger partial charge >= 0.3 is 0 Å². The van der Waals surface area contributed by atoms with E-state index < -0.39 is 9.84 Å². The summed E-state index contributed by atoms with van der Waals surface area (Å²) in [6.45, 7) is 2.82. The van der Waals surface area contributed by atoms with Crippen molar-refractivity contribution in [2.24, 2.45) is 0 Å². The summed E-state index contributed by atoms with van der Waals surface area (Å²) in [4.78, 5) is 0. The molecule has 21 heavy (non-hydrogen) atoms. The Morgan fingerprint density at radius 3 is 2.48 bits per heavy atom. The smallest absolute Gasteiger partial charge is 0.147 e. The molecule has 0 saturated heterocycles. The number of benzene rings is 1. The van der Waals surface area contributed by atoms with Gasteiger partial charge in [0.05, 0.1) is 14.2 Å². The quantitative estimate of drug-likeness (QED) is 0.756. The Bertz CT molecular complexity index is 543. The number of methoxy groups -OCH3 is 2. The van der Waals surface area contributed by atoms with Crippen LogP contribution < -0.4 is 14.8 Å². The second-order valence-corrected chi connectivity index (χ2v) is 7.25. The fourth-order valence-electron chi connectivity index (χ4n) is 2.28. The summed E-state index contributed by atoms with van der Waals surface area (Å²) in [6.07, 6.45) is 2.60. The summed E-state index contributed by atoms with van der Waals surface area (Å²) in [7, 11) is 0.323. The third-order valence-corrected chi connectivity index (χ3v) is 4.30. The number of nitrogens with one attached hydrogen (secondary N) is 1. The molecule has 0 aromatic heterocycles. The van der Waals surface area contributed by atoms with Crippen LogP contribution in [-0.4, -0.2) is 41.2 Å². The molecular weight excluding hydrogens is 290 g/mol. The second kappa shape index (κ2) is 8.24. The second-order valence-electron chi connectivity index (χ2n) is 4.99. The number of hydrogen-bond acceptors (Lipinski definition) is 5. The first-order valence-electron chi connectivity index (χ1n) is 7.04. The molecule has 0 saturated carbocycles. The highest BCUT2D eigenvalue weighted by molar-refractivity contribution is 7.90. The molecule has 120 valence electrons. The Morgan fingerprint density at radius 1 is 1.24 bits per heavy atom. The minimum absolute atomic E-state index is 0.0433. The molecule has 0 radical (unpaired) electrons. The summed E-state index contributed by atoms with van der Waals surface area (Å²) >= 11 is 0. The van der Waals surface area contributed by atoms with Gasteiger partial charge in [0.2, 0.25) is 0 Å². The third-order valence-electron chi connectivity index (χ3n) is 3.27. The number of rotatable bonds is 9. The highest BCUT2D eigenvalue weighted by atomic mass is 32.2. The average molecular weight is 315 g/mol. The molecule has 0 bridgehead atoms. The Labute approximate surface area is 127 Å². The molecule has 6 heteroatoms. The maximum absolute atomic E-state index is 11.3. The zero-order valence-corrected chi connectivity index (χ0v) is 14.0. The van der Waals surface area contributed by atoms with Crippen molar-refractivity contribution in [2.75, 3.05) is 32.8 Å². The molecular formula is C15H25NO4S. The molecule has 1 rings (SSSR count). The monoisotopic (exact) mass is 315 g/mol. The van der Waals surface area contributed by atoms with Crippen LogP contribution >= 0.6 is 0 Å². The van der Waals surface area contributed by atoms with Crippen molar-refractivity contribution in [3.8, 4) is 11.5 Å². The van der Waals surface area contributed by atoms with Crippen molar-refractivity contribution in [2.45, 2.75) is 25.8 Å². The predicted molar refractivity (Wildman–Crippen MR) is 84.9 cm³/mol. The molecule has 5 nitrogen and oxygen atoms in total. The van der Waals surface area contributed by atoms with Crippen molar-refractivity contribution in [1.82, 2.24) is 5.32 Å². The Morgan fingerprint density at radius 2 is 1.95 bits per heavy atom. The van der Waals surface area contributed by atoms with Crippen LogP contribution in [0.5, 0.6) is 11.5 Å². The Balaban J connectivity index is 2.92. The molecule has 1 N–H and O–H groups in total. The van der Waals surface area contributed by atoms with Crippen LogP contribution in [0.2, 0.25) is 0 Å². The highest BCUT2D eigenvalue weighted by Gasteiger charge is 2.17. The minimum atomic E-state index is -2.93. The van der Waals surface area contributed by atoms with Gasteiger partial charge in [-0.1, -0.05) is 6.92 Å². The minimum Gasteiger partial charge on any atom is -0.497 e. The molecule has 1 aromatic carbocycles. The summed E-state index contributed by atoms with van der Waals surface area (Å²) in [5.41, 5.74) is 0.993. The lowest BCUT2D eigenvalue weighted by molar-refractivity contribution is 0.386. The largest absolute Gasteiger partial charge is 0.497 e. The molecule has 1 unspecified atom stereocenters. The van der Waals surface area contributed by atoms with E-state index in [1.165, 1.54) is 6.26 Å². The summed E-state index contributed by atoms with van der Waals surface area (Å²) in [6, 6.07) is 5.70. The zero-order valence-electron chi connectivity index (χ0n) is 13.2. The molecule has 0 heterocycles. The van der Waals surface area contributed by atoms with Crippen LogP contribution in [0.4, 0.5) is 0 Å². The van der Waals surface area contributed by atoms with E-state index in [2.05, 4.69) is 5.32 Å². The summed E-state index contributed by atoms with van der Waals surface area (Å²) in [5, 5.41) is 3.38. The van der Waals surface area contributed by atoms with Gasteiger partial charge in [0, 0.05) is 23.6 Å². The van der Waals surface area contributed by atoms with Gasteiger partial charge in [-0.3, -0.25) is 0 Å². The van der Waals surface area contributed by atoms with Gasteiger partial charge in [-0.05, 0) is 37.6 Å². The third kappa shape index (κ3) is 5.93. The van der Waals surface area contributed by atoms with Gasteiger partial charge < -0.3 is 14.8 Å².